The SMILES string of the molecule is O=C1[C@H](CCc2ccccc2)[C@H](OC23CC4CC(CC(C4)C2)C3)C1(Cl)Cl. The molecule has 1 aromatic rings. The van der Waals surface area contributed by atoms with Gasteiger partial charge in [-0.1, -0.05) is 53.5 Å². The van der Waals surface area contributed by atoms with Gasteiger partial charge in [0.2, 0.25) is 4.33 Å². The molecule has 5 aliphatic rings. The number of hydrogen-bond donors (Lipinski definition) is 0. The molecule has 0 amide bonds. The second kappa shape index (κ2) is 6.22. The van der Waals surface area contributed by atoms with Gasteiger partial charge in [0.05, 0.1) is 11.5 Å². The molecule has 26 heavy (non-hydrogen) atoms. The third kappa shape index (κ3) is 2.84. The number of carbonyl (C=O) groups excluding carboxylic acids is 1. The smallest absolute Gasteiger partial charge is 0.202 e. The zero-order chi connectivity index (χ0) is 17.9. The van der Waals surface area contributed by atoms with Crippen LogP contribution >= 0.6 is 23.2 Å². The summed E-state index contributed by atoms with van der Waals surface area (Å²) >= 11 is 12.9. The fourth-order valence-corrected chi connectivity index (χ4v) is 7.21. The van der Waals surface area contributed by atoms with Crippen molar-refractivity contribution in [2.75, 3.05) is 0 Å². The molecule has 0 unspecified atom stereocenters. The zero-order valence-electron chi connectivity index (χ0n) is 15.0. The van der Waals surface area contributed by atoms with E-state index in [0.717, 1.165) is 49.9 Å². The van der Waals surface area contributed by atoms with E-state index in [-0.39, 0.29) is 23.4 Å². The molecular formula is C22H26Cl2O2. The average Bonchev–Trinajstić information content (AvgIpc) is 2.60. The number of hydrogen-bond acceptors (Lipinski definition) is 2. The van der Waals surface area contributed by atoms with E-state index in [4.69, 9.17) is 27.9 Å². The second-order valence-corrected chi connectivity index (χ2v) is 10.6. The quantitative estimate of drug-likeness (QED) is 0.631. The highest BCUT2D eigenvalue weighted by Gasteiger charge is 2.64. The topological polar surface area (TPSA) is 26.3 Å². The molecule has 4 heteroatoms. The molecule has 5 aliphatic carbocycles. The van der Waals surface area contributed by atoms with E-state index >= 15 is 0 Å². The molecule has 0 aliphatic heterocycles. The van der Waals surface area contributed by atoms with Crippen LogP contribution in [0.15, 0.2) is 30.3 Å². The van der Waals surface area contributed by atoms with Crippen LogP contribution < -0.4 is 0 Å². The summed E-state index contributed by atoms with van der Waals surface area (Å²) < 4.78 is 5.33. The number of alkyl halides is 2. The van der Waals surface area contributed by atoms with Crippen molar-refractivity contribution in [1.29, 1.82) is 0 Å². The standard InChI is InChI=1S/C22H26Cl2O2/c23-22(24)19(25)18(7-6-14-4-2-1-3-5-14)20(22)26-21-11-15-8-16(12-21)10-17(9-15)13-21/h1-5,15-18,20H,6-13H2/t15?,16?,17?,18-,20-,21?/m0/s1. The third-order valence-electron chi connectivity index (χ3n) is 7.33. The fourth-order valence-electron chi connectivity index (χ4n) is 6.53. The summed E-state index contributed by atoms with van der Waals surface area (Å²) in [6, 6.07) is 10.3. The minimum Gasteiger partial charge on any atom is -0.367 e. The molecule has 1 aromatic carbocycles. The number of ether oxygens (including phenoxy) is 1. The van der Waals surface area contributed by atoms with Gasteiger partial charge in [0.25, 0.3) is 0 Å². The van der Waals surface area contributed by atoms with E-state index in [0.29, 0.717) is 0 Å². The fraction of sp³-hybridized carbons (Fsp3) is 0.682. The van der Waals surface area contributed by atoms with Crippen molar-refractivity contribution in [3.63, 3.8) is 0 Å². The third-order valence-corrected chi connectivity index (χ3v) is 8.14. The molecule has 5 saturated carbocycles. The Morgan fingerprint density at radius 2 is 1.54 bits per heavy atom. The lowest BCUT2D eigenvalue weighted by atomic mass is 9.54. The summed E-state index contributed by atoms with van der Waals surface area (Å²) in [6.45, 7) is 0. The maximum atomic E-state index is 12.6. The first kappa shape index (κ1) is 17.5. The van der Waals surface area contributed by atoms with Crippen LogP contribution in [-0.4, -0.2) is 21.8 Å². The van der Waals surface area contributed by atoms with E-state index in [2.05, 4.69) is 12.1 Å². The number of halogens is 2. The van der Waals surface area contributed by atoms with Gasteiger partial charge in [0, 0.05) is 0 Å². The molecule has 5 fully saturated rings. The Balaban J connectivity index is 1.31. The summed E-state index contributed by atoms with van der Waals surface area (Å²) in [7, 11) is 0. The van der Waals surface area contributed by atoms with Crippen molar-refractivity contribution in [1.82, 2.24) is 0 Å². The Kier molecular flexibility index (Phi) is 4.19. The summed E-state index contributed by atoms with van der Waals surface area (Å²) in [4.78, 5) is 12.6. The Morgan fingerprint density at radius 3 is 2.12 bits per heavy atom. The molecule has 0 radical (unpaired) electrons. The highest BCUT2D eigenvalue weighted by Crippen LogP contribution is 2.59. The van der Waals surface area contributed by atoms with Gasteiger partial charge in [0.15, 0.2) is 5.78 Å². The zero-order valence-corrected chi connectivity index (χ0v) is 16.5. The molecule has 140 valence electrons. The summed E-state index contributed by atoms with van der Waals surface area (Å²) in [5.41, 5.74) is 1.18. The molecule has 4 bridgehead atoms. The number of aryl methyl sites for hydroxylation is 1. The second-order valence-electron chi connectivity index (χ2n) is 9.26. The van der Waals surface area contributed by atoms with Crippen molar-refractivity contribution >= 4 is 29.0 Å². The summed E-state index contributed by atoms with van der Waals surface area (Å²) in [5.74, 6) is 2.20. The molecule has 6 rings (SSSR count). The Bertz CT molecular complexity index is 664. The lowest BCUT2D eigenvalue weighted by Gasteiger charge is -2.59. The van der Waals surface area contributed by atoms with Crippen molar-refractivity contribution in [3.8, 4) is 0 Å². The van der Waals surface area contributed by atoms with Gasteiger partial charge >= 0.3 is 0 Å². The summed E-state index contributed by atoms with van der Waals surface area (Å²) in [5, 5.41) is 0. The molecule has 2 nitrogen and oxygen atoms in total. The van der Waals surface area contributed by atoms with Gasteiger partial charge in [-0.2, -0.15) is 0 Å². The van der Waals surface area contributed by atoms with Gasteiger partial charge in [0.1, 0.15) is 6.10 Å². The molecule has 0 spiro atoms. The molecule has 2 atom stereocenters. The molecule has 0 N–H and O–H groups in total. The highest BCUT2D eigenvalue weighted by atomic mass is 35.5. The van der Waals surface area contributed by atoms with Crippen molar-refractivity contribution in [3.05, 3.63) is 35.9 Å². The molecule has 0 aromatic heterocycles. The lowest BCUT2D eigenvalue weighted by molar-refractivity contribution is -0.216. The maximum absolute atomic E-state index is 12.6. The number of carbonyl (C=O) groups is 1. The number of rotatable bonds is 5. The van der Waals surface area contributed by atoms with E-state index < -0.39 is 4.33 Å². The van der Waals surface area contributed by atoms with Crippen LogP contribution in [0.5, 0.6) is 0 Å². The van der Waals surface area contributed by atoms with Gasteiger partial charge in [-0.3, -0.25) is 4.79 Å². The average molecular weight is 393 g/mol. The number of ketones is 1. The van der Waals surface area contributed by atoms with E-state index in [1.54, 1.807) is 0 Å². The monoisotopic (exact) mass is 392 g/mol. The van der Waals surface area contributed by atoms with Gasteiger partial charge in [-0.25, -0.2) is 0 Å². The van der Waals surface area contributed by atoms with Crippen molar-refractivity contribution < 1.29 is 9.53 Å². The first-order chi connectivity index (χ1) is 12.5. The highest BCUT2D eigenvalue weighted by molar-refractivity contribution is 6.61. The van der Waals surface area contributed by atoms with E-state index in [1.165, 1.54) is 24.8 Å². The Hall–Kier alpha value is -0.570. The van der Waals surface area contributed by atoms with Crippen LogP contribution in [0.2, 0.25) is 0 Å². The minimum atomic E-state index is -1.36. The Morgan fingerprint density at radius 1 is 0.962 bits per heavy atom. The van der Waals surface area contributed by atoms with Gasteiger partial charge < -0.3 is 4.74 Å². The summed E-state index contributed by atoms with van der Waals surface area (Å²) in [6.07, 6.45) is 8.81. The van der Waals surface area contributed by atoms with Crippen LogP contribution in [0.25, 0.3) is 0 Å². The van der Waals surface area contributed by atoms with Gasteiger partial charge in [-0.05, 0) is 74.7 Å². The molecular weight excluding hydrogens is 367 g/mol. The van der Waals surface area contributed by atoms with Crippen molar-refractivity contribution in [2.45, 2.75) is 67.4 Å². The predicted octanol–water partition coefficient (Wildman–Crippen LogP) is 5.35. The maximum Gasteiger partial charge on any atom is 0.202 e. The minimum absolute atomic E-state index is 0.0495. The van der Waals surface area contributed by atoms with E-state index in [9.17, 15) is 4.79 Å². The predicted molar refractivity (Wildman–Crippen MR) is 103 cm³/mol. The van der Waals surface area contributed by atoms with Crippen LogP contribution in [0.3, 0.4) is 0 Å². The van der Waals surface area contributed by atoms with Gasteiger partial charge in [-0.15, -0.1) is 0 Å². The first-order valence-corrected chi connectivity index (χ1v) is 10.8. The first-order valence-electron chi connectivity index (χ1n) is 10.1. The normalized spacial score (nSPS) is 42.7. The Labute approximate surface area is 165 Å². The van der Waals surface area contributed by atoms with Crippen molar-refractivity contribution in [2.24, 2.45) is 23.7 Å². The van der Waals surface area contributed by atoms with Crippen LogP contribution in [0.4, 0.5) is 0 Å². The van der Waals surface area contributed by atoms with Crippen LogP contribution in [0, 0.1) is 23.7 Å². The van der Waals surface area contributed by atoms with Crippen LogP contribution in [-0.2, 0) is 16.0 Å². The largest absolute Gasteiger partial charge is 0.367 e. The number of Topliss-reactive ketones (excluding diaryl/α,β-unsaturated/α-hetero) is 1. The van der Waals surface area contributed by atoms with Crippen LogP contribution in [0.1, 0.15) is 50.5 Å². The van der Waals surface area contributed by atoms with E-state index in [1.807, 2.05) is 18.2 Å². The molecule has 0 saturated heterocycles. The number of benzene rings is 1. The lowest BCUT2D eigenvalue weighted by Crippen LogP contribution is -2.66. The molecule has 0 heterocycles.